The fraction of sp³-hybridized carbons (Fsp3) is 0.650. The Kier molecular flexibility index (Phi) is 9.45. The average Bonchev–Trinajstić information content (AvgIpc) is 2.66. The molecule has 0 amide bonds. The maximum absolute atomic E-state index is 5.97. The van der Waals surface area contributed by atoms with E-state index in [1.165, 1.54) is 11.1 Å². The summed E-state index contributed by atoms with van der Waals surface area (Å²) in [4.78, 5) is 4.65. The molecular formula is C20H33N3O3. The van der Waals surface area contributed by atoms with Crippen LogP contribution in [0.25, 0.3) is 0 Å². The molecule has 0 aromatic heterocycles. The number of nitrogens with zero attached hydrogens (tertiary/aromatic N) is 1. The number of hydrogen-bond donors (Lipinski definition) is 2. The van der Waals surface area contributed by atoms with Crippen molar-refractivity contribution in [3.8, 4) is 0 Å². The maximum Gasteiger partial charge on any atom is 0.191 e. The quantitative estimate of drug-likeness (QED) is 0.521. The van der Waals surface area contributed by atoms with Crippen LogP contribution in [0.4, 0.5) is 0 Å². The molecule has 1 saturated heterocycles. The first-order valence-corrected chi connectivity index (χ1v) is 9.52. The summed E-state index contributed by atoms with van der Waals surface area (Å²) in [6.07, 6.45) is 2.32. The van der Waals surface area contributed by atoms with Crippen LogP contribution in [-0.2, 0) is 27.4 Å². The molecule has 1 aliphatic heterocycles. The topological polar surface area (TPSA) is 64.1 Å². The molecule has 26 heavy (non-hydrogen) atoms. The number of hydrogen-bond acceptors (Lipinski definition) is 4. The van der Waals surface area contributed by atoms with Gasteiger partial charge in [0.1, 0.15) is 0 Å². The fourth-order valence-corrected chi connectivity index (χ4v) is 2.81. The first kappa shape index (κ1) is 20.7. The Hall–Kier alpha value is -1.63. The molecule has 146 valence electrons. The minimum absolute atomic E-state index is 0.211. The summed E-state index contributed by atoms with van der Waals surface area (Å²) in [6.45, 7) is 8.53. The lowest BCUT2D eigenvalue weighted by Crippen LogP contribution is -2.43. The highest BCUT2D eigenvalue weighted by Crippen LogP contribution is 2.14. The van der Waals surface area contributed by atoms with Gasteiger partial charge in [-0.1, -0.05) is 24.3 Å². The Morgan fingerprint density at radius 2 is 1.92 bits per heavy atom. The summed E-state index contributed by atoms with van der Waals surface area (Å²) in [7, 11) is 1.70. The van der Waals surface area contributed by atoms with E-state index in [4.69, 9.17) is 14.2 Å². The van der Waals surface area contributed by atoms with Crippen molar-refractivity contribution in [3.63, 3.8) is 0 Å². The molecule has 1 fully saturated rings. The van der Waals surface area contributed by atoms with Gasteiger partial charge in [0.05, 0.1) is 25.9 Å². The number of ether oxygens (including phenoxy) is 3. The van der Waals surface area contributed by atoms with Gasteiger partial charge < -0.3 is 24.8 Å². The second kappa shape index (κ2) is 11.9. The standard InChI is InChI=1S/C20H33N3O3/c1-4-21-20(23-16(2)14-24-3)22-13-17-5-7-18(8-6-17)15-26-19-9-11-25-12-10-19/h5-8,16,19H,4,9-15H2,1-3H3,(H2,21,22,23). The van der Waals surface area contributed by atoms with Gasteiger partial charge in [-0.05, 0) is 37.8 Å². The number of guanidine groups is 1. The zero-order valence-electron chi connectivity index (χ0n) is 16.3. The second-order valence-electron chi connectivity index (χ2n) is 6.64. The van der Waals surface area contributed by atoms with E-state index in [0.717, 1.165) is 38.6 Å². The number of rotatable bonds is 9. The van der Waals surface area contributed by atoms with Gasteiger partial charge in [-0.2, -0.15) is 0 Å². The summed E-state index contributed by atoms with van der Waals surface area (Å²) < 4.78 is 16.5. The van der Waals surface area contributed by atoms with Gasteiger partial charge >= 0.3 is 0 Å². The predicted molar refractivity (Wildman–Crippen MR) is 104 cm³/mol. The van der Waals surface area contributed by atoms with Gasteiger partial charge in [0.25, 0.3) is 0 Å². The molecule has 0 saturated carbocycles. The van der Waals surface area contributed by atoms with Crippen LogP contribution >= 0.6 is 0 Å². The molecule has 1 aromatic rings. The lowest BCUT2D eigenvalue weighted by atomic mass is 10.1. The number of methoxy groups -OCH3 is 1. The summed E-state index contributed by atoms with van der Waals surface area (Å²) in [6, 6.07) is 8.70. The Morgan fingerprint density at radius 3 is 2.58 bits per heavy atom. The smallest absolute Gasteiger partial charge is 0.191 e. The van der Waals surface area contributed by atoms with Crippen LogP contribution in [0.5, 0.6) is 0 Å². The molecule has 1 unspecified atom stereocenters. The van der Waals surface area contributed by atoms with Crippen LogP contribution in [0.2, 0.25) is 0 Å². The Bertz CT molecular complexity index is 528. The molecule has 0 aliphatic carbocycles. The van der Waals surface area contributed by atoms with E-state index in [0.29, 0.717) is 25.9 Å². The Labute approximate surface area is 157 Å². The molecule has 1 aromatic carbocycles. The lowest BCUT2D eigenvalue weighted by Gasteiger charge is -2.22. The summed E-state index contributed by atoms with van der Waals surface area (Å²) >= 11 is 0. The highest BCUT2D eigenvalue weighted by molar-refractivity contribution is 5.80. The third-order valence-electron chi connectivity index (χ3n) is 4.24. The van der Waals surface area contributed by atoms with Gasteiger partial charge in [-0.3, -0.25) is 0 Å². The molecular weight excluding hydrogens is 330 g/mol. The van der Waals surface area contributed by atoms with E-state index >= 15 is 0 Å². The third kappa shape index (κ3) is 7.72. The van der Waals surface area contributed by atoms with E-state index in [-0.39, 0.29) is 6.04 Å². The predicted octanol–water partition coefficient (Wildman–Crippen LogP) is 2.47. The number of aliphatic imine (C=N–C) groups is 1. The van der Waals surface area contributed by atoms with Gasteiger partial charge in [0.15, 0.2) is 5.96 Å². The summed E-state index contributed by atoms with van der Waals surface area (Å²) in [5.41, 5.74) is 2.37. The van der Waals surface area contributed by atoms with E-state index in [9.17, 15) is 0 Å². The van der Waals surface area contributed by atoms with Crippen LogP contribution in [0.15, 0.2) is 29.3 Å². The zero-order valence-corrected chi connectivity index (χ0v) is 16.3. The lowest BCUT2D eigenvalue weighted by molar-refractivity contribution is -0.0390. The first-order valence-electron chi connectivity index (χ1n) is 9.52. The summed E-state index contributed by atoms with van der Waals surface area (Å²) in [5, 5.41) is 6.60. The Morgan fingerprint density at radius 1 is 1.23 bits per heavy atom. The van der Waals surface area contributed by atoms with Crippen molar-refractivity contribution >= 4 is 5.96 Å². The van der Waals surface area contributed by atoms with E-state index in [2.05, 4.69) is 53.7 Å². The van der Waals surface area contributed by atoms with Crippen LogP contribution in [0.3, 0.4) is 0 Å². The largest absolute Gasteiger partial charge is 0.383 e. The van der Waals surface area contributed by atoms with E-state index < -0.39 is 0 Å². The molecule has 1 heterocycles. The van der Waals surface area contributed by atoms with Gasteiger partial charge in [-0.15, -0.1) is 0 Å². The minimum Gasteiger partial charge on any atom is -0.383 e. The highest BCUT2D eigenvalue weighted by atomic mass is 16.5. The molecule has 2 N–H and O–H groups in total. The van der Waals surface area contributed by atoms with Crippen molar-refractivity contribution in [2.45, 2.75) is 52.0 Å². The maximum atomic E-state index is 5.97. The Balaban J connectivity index is 1.81. The van der Waals surface area contributed by atoms with Crippen molar-refractivity contribution in [1.82, 2.24) is 10.6 Å². The molecule has 6 nitrogen and oxygen atoms in total. The van der Waals surface area contributed by atoms with E-state index in [1.54, 1.807) is 7.11 Å². The van der Waals surface area contributed by atoms with Crippen LogP contribution in [0.1, 0.15) is 37.8 Å². The fourth-order valence-electron chi connectivity index (χ4n) is 2.81. The third-order valence-corrected chi connectivity index (χ3v) is 4.24. The van der Waals surface area contributed by atoms with Crippen molar-refractivity contribution in [2.24, 2.45) is 4.99 Å². The number of benzene rings is 1. The van der Waals surface area contributed by atoms with Gasteiger partial charge in [0.2, 0.25) is 0 Å². The molecule has 0 bridgehead atoms. The minimum atomic E-state index is 0.211. The second-order valence-corrected chi connectivity index (χ2v) is 6.64. The van der Waals surface area contributed by atoms with Crippen molar-refractivity contribution in [2.75, 3.05) is 33.5 Å². The van der Waals surface area contributed by atoms with E-state index in [1.807, 2.05) is 0 Å². The van der Waals surface area contributed by atoms with Gasteiger partial charge in [0, 0.05) is 32.9 Å². The normalized spacial score (nSPS) is 17.1. The van der Waals surface area contributed by atoms with Crippen molar-refractivity contribution < 1.29 is 14.2 Å². The van der Waals surface area contributed by atoms with Crippen molar-refractivity contribution in [3.05, 3.63) is 35.4 Å². The van der Waals surface area contributed by atoms with Crippen LogP contribution in [-0.4, -0.2) is 51.6 Å². The van der Waals surface area contributed by atoms with Crippen LogP contribution < -0.4 is 10.6 Å². The summed E-state index contributed by atoms with van der Waals surface area (Å²) in [5.74, 6) is 0.809. The highest BCUT2D eigenvalue weighted by Gasteiger charge is 2.13. The molecule has 2 rings (SSSR count). The first-order chi connectivity index (χ1) is 12.7. The number of nitrogens with one attached hydrogen (secondary N) is 2. The van der Waals surface area contributed by atoms with Crippen molar-refractivity contribution in [1.29, 1.82) is 0 Å². The average molecular weight is 364 g/mol. The molecule has 1 aliphatic rings. The van der Waals surface area contributed by atoms with Gasteiger partial charge in [-0.25, -0.2) is 4.99 Å². The van der Waals surface area contributed by atoms with Crippen LogP contribution in [0, 0.1) is 0 Å². The molecule has 6 heteroatoms. The monoisotopic (exact) mass is 363 g/mol. The SMILES string of the molecule is CCNC(=NCc1ccc(COC2CCOCC2)cc1)NC(C)COC. The molecule has 1 atom stereocenters. The zero-order chi connectivity index (χ0) is 18.6. The molecule has 0 spiro atoms. The molecule has 0 radical (unpaired) electrons.